The van der Waals surface area contributed by atoms with Crippen LogP contribution in [0.5, 0.6) is 0 Å². The Balaban J connectivity index is 1.77. The minimum atomic E-state index is 0.256. The summed E-state index contributed by atoms with van der Waals surface area (Å²) in [4.78, 5) is 2.47. The van der Waals surface area contributed by atoms with Crippen molar-refractivity contribution in [3.05, 3.63) is 71.1 Å². The average molecular weight is 307 g/mol. The highest BCUT2D eigenvalue weighted by molar-refractivity contribution is 7.17. The number of benzene rings is 2. The topological polar surface area (TPSA) is 3.24 Å². The van der Waals surface area contributed by atoms with Crippen molar-refractivity contribution < 1.29 is 0 Å². The van der Waals surface area contributed by atoms with Gasteiger partial charge in [0, 0.05) is 16.7 Å². The van der Waals surface area contributed by atoms with Crippen LogP contribution >= 0.6 is 11.3 Å². The van der Waals surface area contributed by atoms with E-state index < -0.39 is 0 Å². The molecule has 1 fully saturated rings. The largest absolute Gasteiger partial charge is 0.305 e. The number of hydrogen-bond acceptors (Lipinski definition) is 2. The van der Waals surface area contributed by atoms with Crippen LogP contribution in [-0.2, 0) is 11.8 Å². The Kier molecular flexibility index (Phi) is 3.51. The van der Waals surface area contributed by atoms with Crippen molar-refractivity contribution in [3.63, 3.8) is 0 Å². The zero-order valence-corrected chi connectivity index (χ0v) is 13.8. The summed E-state index contributed by atoms with van der Waals surface area (Å²) in [5.41, 5.74) is 3.21. The highest BCUT2D eigenvalue weighted by Crippen LogP contribution is 2.39. The molecule has 22 heavy (non-hydrogen) atoms. The summed E-state index contributed by atoms with van der Waals surface area (Å²) in [6, 6.07) is 20.3. The van der Waals surface area contributed by atoms with Crippen LogP contribution in [0.25, 0.3) is 10.1 Å². The molecule has 4 rings (SSSR count). The third kappa shape index (κ3) is 2.47. The van der Waals surface area contributed by atoms with E-state index in [1.165, 1.54) is 34.2 Å². The van der Waals surface area contributed by atoms with Gasteiger partial charge in [0.25, 0.3) is 0 Å². The normalized spacial score (nSPS) is 22.4. The molecule has 0 spiro atoms. The quantitative estimate of drug-likeness (QED) is 0.677. The first-order valence-electron chi connectivity index (χ1n) is 7.95. The summed E-state index contributed by atoms with van der Waals surface area (Å²) in [5, 5.41) is 3.59. The van der Waals surface area contributed by atoms with E-state index in [4.69, 9.17) is 0 Å². The monoisotopic (exact) mass is 307 g/mol. The van der Waals surface area contributed by atoms with E-state index in [0.29, 0.717) is 0 Å². The molecule has 1 nitrogen and oxygen atoms in total. The Hall–Kier alpha value is -1.64. The number of hydrogen-bond donors (Lipinski definition) is 0. The first-order valence-corrected chi connectivity index (χ1v) is 8.83. The predicted octanol–water partition coefficient (Wildman–Crippen LogP) is 4.72. The van der Waals surface area contributed by atoms with Gasteiger partial charge in [0.2, 0.25) is 0 Å². The fourth-order valence-electron chi connectivity index (χ4n) is 3.84. The molecule has 0 N–H and O–H groups in total. The number of likely N-dealkylation sites (N-methyl/N-ethyl adjacent to an activating group) is 1. The summed E-state index contributed by atoms with van der Waals surface area (Å²) >= 11 is 1.83. The molecule has 0 radical (unpaired) electrons. The van der Waals surface area contributed by atoms with Gasteiger partial charge in [-0.2, -0.15) is 0 Å². The lowest BCUT2D eigenvalue weighted by Gasteiger charge is -2.30. The lowest BCUT2D eigenvalue weighted by atomic mass is 9.74. The number of rotatable bonds is 3. The van der Waals surface area contributed by atoms with Crippen LogP contribution in [0.4, 0.5) is 0 Å². The second-order valence-electron chi connectivity index (χ2n) is 6.60. The van der Waals surface area contributed by atoms with E-state index in [-0.39, 0.29) is 5.41 Å². The van der Waals surface area contributed by atoms with Gasteiger partial charge in [-0.1, -0.05) is 36.4 Å². The predicted molar refractivity (Wildman–Crippen MR) is 95.8 cm³/mol. The smallest absolute Gasteiger partial charge is 0.0342 e. The maximum atomic E-state index is 2.47. The molecule has 2 aromatic carbocycles. The first-order chi connectivity index (χ1) is 10.8. The molecule has 2 heterocycles. The third-order valence-corrected chi connectivity index (χ3v) is 5.89. The summed E-state index contributed by atoms with van der Waals surface area (Å²) in [5.74, 6) is 0. The van der Waals surface area contributed by atoms with Crippen LogP contribution in [0.1, 0.15) is 17.5 Å². The molecule has 0 bridgehead atoms. The molecule has 0 saturated carbocycles. The molecular formula is C20H21NS. The summed E-state index contributed by atoms with van der Waals surface area (Å²) in [7, 11) is 2.25. The summed E-state index contributed by atoms with van der Waals surface area (Å²) in [6.07, 6.45) is 2.38. The highest BCUT2D eigenvalue weighted by atomic mass is 32.1. The Morgan fingerprint density at radius 2 is 1.95 bits per heavy atom. The SMILES string of the molecule is CN1CCC(Cc2ccccc2)(c2ccc3sccc3c2)C1. The van der Waals surface area contributed by atoms with Crippen molar-refractivity contribution >= 4 is 21.4 Å². The van der Waals surface area contributed by atoms with Gasteiger partial charge in [-0.3, -0.25) is 0 Å². The van der Waals surface area contributed by atoms with E-state index >= 15 is 0 Å². The summed E-state index contributed by atoms with van der Waals surface area (Å²) < 4.78 is 1.39. The van der Waals surface area contributed by atoms with Crippen molar-refractivity contribution in [1.82, 2.24) is 4.90 Å². The highest BCUT2D eigenvalue weighted by Gasteiger charge is 2.38. The summed E-state index contributed by atoms with van der Waals surface area (Å²) in [6.45, 7) is 2.34. The van der Waals surface area contributed by atoms with Gasteiger partial charge in [-0.15, -0.1) is 11.3 Å². The number of thiophene rings is 1. The van der Waals surface area contributed by atoms with E-state index in [1.807, 2.05) is 11.3 Å². The zero-order valence-electron chi connectivity index (χ0n) is 13.0. The van der Waals surface area contributed by atoms with Crippen LogP contribution in [0.3, 0.4) is 0 Å². The van der Waals surface area contributed by atoms with Gasteiger partial charge in [-0.05, 0) is 66.5 Å². The van der Waals surface area contributed by atoms with Gasteiger partial charge < -0.3 is 4.90 Å². The fourth-order valence-corrected chi connectivity index (χ4v) is 4.62. The van der Waals surface area contributed by atoms with Crippen LogP contribution in [0.15, 0.2) is 60.0 Å². The van der Waals surface area contributed by atoms with Gasteiger partial charge in [0.15, 0.2) is 0 Å². The number of nitrogens with zero attached hydrogens (tertiary/aromatic N) is 1. The van der Waals surface area contributed by atoms with E-state index in [1.54, 1.807) is 0 Å². The maximum absolute atomic E-state index is 2.47. The average Bonchev–Trinajstić information content (AvgIpc) is 3.15. The van der Waals surface area contributed by atoms with E-state index in [9.17, 15) is 0 Å². The van der Waals surface area contributed by atoms with Gasteiger partial charge in [0.1, 0.15) is 0 Å². The second kappa shape index (κ2) is 5.53. The minimum absolute atomic E-state index is 0.256. The third-order valence-electron chi connectivity index (χ3n) is 4.99. The molecule has 0 aliphatic carbocycles. The molecule has 0 amide bonds. The Labute approximate surface area is 136 Å². The van der Waals surface area contributed by atoms with Crippen molar-refractivity contribution in [2.45, 2.75) is 18.3 Å². The van der Waals surface area contributed by atoms with Gasteiger partial charge >= 0.3 is 0 Å². The first kappa shape index (κ1) is 14.0. The molecule has 1 aliphatic heterocycles. The Morgan fingerprint density at radius 1 is 1.09 bits per heavy atom. The van der Waals surface area contributed by atoms with E-state index in [2.05, 4.69) is 71.9 Å². The molecule has 1 saturated heterocycles. The maximum Gasteiger partial charge on any atom is 0.0342 e. The lowest BCUT2D eigenvalue weighted by molar-refractivity contribution is 0.366. The molecule has 1 aliphatic rings. The molecular weight excluding hydrogens is 286 g/mol. The molecule has 1 unspecified atom stereocenters. The standard InChI is InChI=1S/C20H21NS/c1-21-11-10-20(15-21,14-16-5-3-2-4-6-16)18-7-8-19-17(13-18)9-12-22-19/h2-9,12-13H,10-11,14-15H2,1H3. The molecule has 1 atom stereocenters. The molecule has 1 aromatic heterocycles. The van der Waals surface area contributed by atoms with Crippen LogP contribution in [0, 0.1) is 0 Å². The van der Waals surface area contributed by atoms with Crippen LogP contribution in [0.2, 0.25) is 0 Å². The number of fused-ring (bicyclic) bond motifs is 1. The van der Waals surface area contributed by atoms with Crippen LogP contribution < -0.4 is 0 Å². The molecule has 2 heteroatoms. The van der Waals surface area contributed by atoms with Crippen molar-refractivity contribution in [2.75, 3.05) is 20.1 Å². The van der Waals surface area contributed by atoms with Gasteiger partial charge in [0.05, 0.1) is 0 Å². The van der Waals surface area contributed by atoms with Crippen molar-refractivity contribution in [3.8, 4) is 0 Å². The Morgan fingerprint density at radius 3 is 2.73 bits per heavy atom. The van der Waals surface area contributed by atoms with Crippen molar-refractivity contribution in [1.29, 1.82) is 0 Å². The lowest BCUT2D eigenvalue weighted by Crippen LogP contribution is -2.32. The van der Waals surface area contributed by atoms with Crippen molar-refractivity contribution in [2.24, 2.45) is 0 Å². The zero-order chi connectivity index (χ0) is 15.0. The number of likely N-dealkylation sites (tertiary alicyclic amines) is 1. The second-order valence-corrected chi connectivity index (χ2v) is 7.55. The fraction of sp³-hybridized carbons (Fsp3) is 0.300. The molecule has 3 aromatic rings. The molecule has 112 valence electrons. The van der Waals surface area contributed by atoms with Gasteiger partial charge in [-0.25, -0.2) is 0 Å². The van der Waals surface area contributed by atoms with E-state index in [0.717, 1.165) is 13.0 Å². The van der Waals surface area contributed by atoms with Crippen LogP contribution in [-0.4, -0.2) is 25.0 Å². The minimum Gasteiger partial charge on any atom is -0.305 e. The Bertz CT molecular complexity index is 777.